The van der Waals surface area contributed by atoms with Gasteiger partial charge in [-0.2, -0.15) is 14.0 Å². The van der Waals surface area contributed by atoms with Gasteiger partial charge in [0.15, 0.2) is 5.13 Å². The zero-order valence-electron chi connectivity index (χ0n) is 18.5. The SMILES string of the molecule is CC(=O)N(c1ccc(C)c(C)c1)c1nc(/C=C(\C#N)C(=O)Nc2ccc(SC(F)F)cc2)cs1. The number of rotatable bonds is 7. The molecule has 1 aromatic heterocycles. The molecule has 174 valence electrons. The molecule has 34 heavy (non-hydrogen) atoms. The molecule has 2 aromatic carbocycles. The summed E-state index contributed by atoms with van der Waals surface area (Å²) in [5.41, 5.74) is 3.33. The lowest BCUT2D eigenvalue weighted by molar-refractivity contribution is -0.116. The first-order chi connectivity index (χ1) is 16.2. The number of benzene rings is 2. The van der Waals surface area contributed by atoms with Crippen LogP contribution in [0.1, 0.15) is 23.7 Å². The number of nitrogens with one attached hydrogen (secondary N) is 1. The highest BCUT2D eigenvalue weighted by Gasteiger charge is 2.19. The lowest BCUT2D eigenvalue weighted by Gasteiger charge is -2.19. The number of thioether (sulfide) groups is 1. The van der Waals surface area contributed by atoms with Gasteiger partial charge in [-0.05, 0) is 67.4 Å². The number of halogens is 2. The zero-order chi connectivity index (χ0) is 24.8. The number of hydrogen-bond acceptors (Lipinski definition) is 6. The first kappa shape index (κ1) is 25.1. The molecular formula is C24H20F2N4O2S2. The molecule has 0 bridgehead atoms. The van der Waals surface area contributed by atoms with Crippen molar-refractivity contribution in [1.29, 1.82) is 5.26 Å². The smallest absolute Gasteiger partial charge is 0.288 e. The predicted octanol–water partition coefficient (Wildman–Crippen LogP) is 6.30. The normalized spacial score (nSPS) is 11.3. The monoisotopic (exact) mass is 498 g/mol. The van der Waals surface area contributed by atoms with E-state index in [0.717, 1.165) is 11.1 Å². The van der Waals surface area contributed by atoms with Crippen molar-refractivity contribution in [2.24, 2.45) is 0 Å². The number of carbonyl (C=O) groups is 2. The van der Waals surface area contributed by atoms with Crippen molar-refractivity contribution in [1.82, 2.24) is 4.98 Å². The number of hydrogen-bond donors (Lipinski definition) is 1. The number of thiazole rings is 1. The number of nitrogens with zero attached hydrogens (tertiary/aromatic N) is 3. The topological polar surface area (TPSA) is 86.1 Å². The van der Waals surface area contributed by atoms with E-state index < -0.39 is 11.7 Å². The van der Waals surface area contributed by atoms with Crippen LogP contribution in [-0.2, 0) is 9.59 Å². The van der Waals surface area contributed by atoms with Crippen molar-refractivity contribution < 1.29 is 18.4 Å². The summed E-state index contributed by atoms with van der Waals surface area (Å²) in [5.74, 6) is -3.42. The first-order valence-electron chi connectivity index (χ1n) is 9.99. The molecule has 3 rings (SSSR count). The van der Waals surface area contributed by atoms with Gasteiger partial charge in [0, 0.05) is 22.9 Å². The van der Waals surface area contributed by atoms with Crippen LogP contribution < -0.4 is 10.2 Å². The van der Waals surface area contributed by atoms with Gasteiger partial charge in [0.05, 0.1) is 11.4 Å². The Hall–Kier alpha value is -3.55. The number of nitriles is 1. The van der Waals surface area contributed by atoms with Crippen molar-refractivity contribution in [3.8, 4) is 6.07 Å². The lowest BCUT2D eigenvalue weighted by Crippen LogP contribution is -2.22. The van der Waals surface area contributed by atoms with E-state index >= 15 is 0 Å². The van der Waals surface area contributed by atoms with Gasteiger partial charge in [0.25, 0.3) is 11.7 Å². The summed E-state index contributed by atoms with van der Waals surface area (Å²) in [6.07, 6.45) is 1.33. The summed E-state index contributed by atoms with van der Waals surface area (Å²) in [6.45, 7) is 5.37. The van der Waals surface area contributed by atoms with Crippen molar-refractivity contribution in [3.63, 3.8) is 0 Å². The minimum atomic E-state index is -2.54. The number of alkyl halides is 2. The summed E-state index contributed by atoms with van der Waals surface area (Å²) in [4.78, 5) is 31.1. The zero-order valence-corrected chi connectivity index (χ0v) is 20.1. The van der Waals surface area contributed by atoms with E-state index in [1.165, 1.54) is 53.5 Å². The maximum absolute atomic E-state index is 12.5. The minimum Gasteiger partial charge on any atom is -0.321 e. The van der Waals surface area contributed by atoms with E-state index in [4.69, 9.17) is 0 Å². The van der Waals surface area contributed by atoms with Crippen LogP contribution in [0.25, 0.3) is 6.08 Å². The van der Waals surface area contributed by atoms with Crippen molar-refractivity contribution in [3.05, 3.63) is 70.2 Å². The van der Waals surface area contributed by atoms with Gasteiger partial charge in [0.1, 0.15) is 11.6 Å². The Kier molecular flexibility index (Phi) is 8.15. The molecule has 0 fully saturated rings. The summed E-state index contributed by atoms with van der Waals surface area (Å²) in [7, 11) is 0. The van der Waals surface area contributed by atoms with Gasteiger partial charge in [-0.1, -0.05) is 17.8 Å². The molecule has 0 spiro atoms. The van der Waals surface area contributed by atoms with Crippen LogP contribution in [0.5, 0.6) is 0 Å². The predicted molar refractivity (Wildman–Crippen MR) is 131 cm³/mol. The molecule has 0 saturated carbocycles. The second-order valence-corrected chi connectivity index (χ2v) is 9.10. The van der Waals surface area contributed by atoms with E-state index in [2.05, 4.69) is 10.3 Å². The standard InChI is InChI=1S/C24H20F2N4O2S2/c1-14-4-7-20(10-15(14)2)30(16(3)31)24-29-19(13-33-24)11-17(12-27)22(32)28-18-5-8-21(9-6-18)34-23(25)26/h4-11,13,23H,1-3H3,(H,28,32)/b17-11+. The van der Waals surface area contributed by atoms with Crippen LogP contribution in [0.4, 0.5) is 25.3 Å². The van der Waals surface area contributed by atoms with Gasteiger partial charge in [-0.25, -0.2) is 4.98 Å². The number of carbonyl (C=O) groups excluding carboxylic acids is 2. The van der Waals surface area contributed by atoms with Crippen LogP contribution in [0, 0.1) is 25.2 Å². The summed E-state index contributed by atoms with van der Waals surface area (Å²) >= 11 is 1.61. The lowest BCUT2D eigenvalue weighted by atomic mass is 10.1. The molecule has 1 N–H and O–H groups in total. The van der Waals surface area contributed by atoms with Gasteiger partial charge >= 0.3 is 0 Å². The molecule has 1 heterocycles. The molecule has 3 aromatic rings. The second kappa shape index (κ2) is 11.0. The summed E-state index contributed by atoms with van der Waals surface area (Å²) < 4.78 is 24.9. The Morgan fingerprint density at radius 1 is 1.18 bits per heavy atom. The molecule has 0 aliphatic heterocycles. The van der Waals surface area contributed by atoms with Crippen LogP contribution in [0.3, 0.4) is 0 Å². The Morgan fingerprint density at radius 3 is 2.47 bits per heavy atom. The van der Waals surface area contributed by atoms with Gasteiger partial charge < -0.3 is 5.32 Å². The Morgan fingerprint density at radius 2 is 1.88 bits per heavy atom. The molecule has 10 heteroatoms. The fourth-order valence-electron chi connectivity index (χ4n) is 2.95. The number of aromatic nitrogens is 1. The average molecular weight is 499 g/mol. The largest absolute Gasteiger partial charge is 0.321 e. The highest BCUT2D eigenvalue weighted by atomic mass is 32.2. The van der Waals surface area contributed by atoms with E-state index in [0.29, 0.717) is 38.9 Å². The van der Waals surface area contributed by atoms with E-state index in [-0.39, 0.29) is 11.5 Å². The Bertz CT molecular complexity index is 1280. The molecule has 6 nitrogen and oxygen atoms in total. The van der Waals surface area contributed by atoms with Crippen LogP contribution in [0.15, 0.2) is 58.3 Å². The van der Waals surface area contributed by atoms with Gasteiger partial charge in [0.2, 0.25) is 5.91 Å². The molecule has 2 amide bonds. The van der Waals surface area contributed by atoms with E-state index in [1.807, 2.05) is 38.1 Å². The third-order valence-electron chi connectivity index (χ3n) is 4.76. The van der Waals surface area contributed by atoms with E-state index in [1.54, 1.807) is 5.38 Å². The van der Waals surface area contributed by atoms with Crippen molar-refractivity contribution in [2.45, 2.75) is 31.4 Å². The van der Waals surface area contributed by atoms with Gasteiger partial charge in [-0.15, -0.1) is 11.3 Å². The number of aryl methyl sites for hydroxylation is 2. The van der Waals surface area contributed by atoms with Crippen LogP contribution in [-0.4, -0.2) is 22.6 Å². The summed E-state index contributed by atoms with van der Waals surface area (Å²) in [5, 5.41) is 14.1. The third kappa shape index (κ3) is 6.27. The van der Waals surface area contributed by atoms with Gasteiger partial charge in [-0.3, -0.25) is 14.5 Å². The van der Waals surface area contributed by atoms with Crippen molar-refractivity contribution in [2.75, 3.05) is 10.2 Å². The molecule has 0 radical (unpaired) electrons. The number of amides is 2. The molecule has 0 aliphatic carbocycles. The second-order valence-electron chi connectivity index (χ2n) is 7.20. The molecule has 0 unspecified atom stereocenters. The fourth-order valence-corrected chi connectivity index (χ4v) is 4.29. The Labute approximate surface area is 203 Å². The highest BCUT2D eigenvalue weighted by molar-refractivity contribution is 7.99. The van der Waals surface area contributed by atoms with Crippen LogP contribution >= 0.6 is 23.1 Å². The quantitative estimate of drug-likeness (QED) is 0.235. The van der Waals surface area contributed by atoms with Crippen LogP contribution in [0.2, 0.25) is 0 Å². The van der Waals surface area contributed by atoms with E-state index in [9.17, 15) is 23.6 Å². The fraction of sp³-hybridized carbons (Fsp3) is 0.167. The molecule has 0 saturated heterocycles. The Balaban J connectivity index is 1.79. The summed E-state index contributed by atoms with van der Waals surface area (Å²) in [6, 6.07) is 13.4. The first-order valence-corrected chi connectivity index (χ1v) is 11.8. The maximum Gasteiger partial charge on any atom is 0.288 e. The highest BCUT2D eigenvalue weighted by Crippen LogP contribution is 2.31. The maximum atomic E-state index is 12.5. The molecule has 0 aliphatic rings. The average Bonchev–Trinajstić information content (AvgIpc) is 3.23. The number of anilines is 3. The third-order valence-corrected chi connectivity index (χ3v) is 6.33. The molecule has 0 atom stereocenters. The molecular weight excluding hydrogens is 478 g/mol. The van der Waals surface area contributed by atoms with Crippen molar-refractivity contribution >= 4 is 57.5 Å². The minimum absolute atomic E-state index is 0.191.